The Kier molecular flexibility index (Phi) is 3.63. The third kappa shape index (κ3) is 2.51. The van der Waals surface area contributed by atoms with E-state index in [9.17, 15) is 0 Å². The molecule has 108 valence electrons. The van der Waals surface area contributed by atoms with Gasteiger partial charge in [-0.15, -0.1) is 11.6 Å². The number of benzene rings is 1. The molecule has 1 saturated carbocycles. The molecule has 1 aliphatic rings. The van der Waals surface area contributed by atoms with Crippen molar-refractivity contribution in [3.05, 3.63) is 24.0 Å². The molecule has 1 aromatic carbocycles. The highest BCUT2D eigenvalue weighted by molar-refractivity contribution is 6.20. The first-order valence-corrected chi connectivity index (χ1v) is 7.72. The van der Waals surface area contributed by atoms with Crippen molar-refractivity contribution >= 4 is 22.6 Å². The van der Waals surface area contributed by atoms with Gasteiger partial charge < -0.3 is 9.30 Å². The third-order valence-electron chi connectivity index (χ3n) is 4.24. The molecular formula is C16H21ClN2O. The predicted octanol–water partition coefficient (Wildman–Crippen LogP) is 4.39. The number of ether oxygens (including phenoxy) is 1. The minimum Gasteiger partial charge on any atom is -0.497 e. The van der Waals surface area contributed by atoms with Crippen LogP contribution in [0, 0.1) is 11.8 Å². The van der Waals surface area contributed by atoms with Gasteiger partial charge in [-0.3, -0.25) is 0 Å². The number of rotatable bonds is 5. The number of hydrogen-bond acceptors (Lipinski definition) is 2. The maximum atomic E-state index is 6.32. The lowest BCUT2D eigenvalue weighted by Crippen LogP contribution is -2.12. The molecule has 0 radical (unpaired) electrons. The molecule has 3 nitrogen and oxygen atoms in total. The summed E-state index contributed by atoms with van der Waals surface area (Å²) in [5, 5.41) is -0.0835. The maximum absolute atomic E-state index is 6.32. The first-order valence-electron chi connectivity index (χ1n) is 7.28. The smallest absolute Gasteiger partial charge is 0.127 e. The molecule has 0 aliphatic heterocycles. The van der Waals surface area contributed by atoms with Crippen LogP contribution in [-0.4, -0.2) is 16.7 Å². The van der Waals surface area contributed by atoms with Crippen molar-refractivity contribution in [1.29, 1.82) is 0 Å². The van der Waals surface area contributed by atoms with Crippen LogP contribution >= 0.6 is 11.6 Å². The van der Waals surface area contributed by atoms with Gasteiger partial charge in [0.25, 0.3) is 0 Å². The van der Waals surface area contributed by atoms with Crippen LogP contribution in [0.3, 0.4) is 0 Å². The second kappa shape index (κ2) is 5.28. The Morgan fingerprint density at radius 2 is 2.15 bits per heavy atom. The summed E-state index contributed by atoms with van der Waals surface area (Å²) in [6, 6.07) is 6.06. The summed E-state index contributed by atoms with van der Waals surface area (Å²) in [4.78, 5) is 4.70. The standard InChI is InChI=1S/C16H21ClN2O/c1-10(12-4-5-12)9-19-15-7-6-13(20-3)8-14(15)18-16(19)11(2)17/h6-8,10-12H,4-5,9H2,1-3H3. The van der Waals surface area contributed by atoms with Gasteiger partial charge in [0, 0.05) is 12.6 Å². The van der Waals surface area contributed by atoms with Crippen LogP contribution in [0.1, 0.15) is 37.9 Å². The summed E-state index contributed by atoms with van der Waals surface area (Å²) in [6.45, 7) is 5.31. The van der Waals surface area contributed by atoms with Gasteiger partial charge in [-0.25, -0.2) is 4.98 Å². The molecule has 0 bridgehead atoms. The van der Waals surface area contributed by atoms with Gasteiger partial charge in [0.1, 0.15) is 11.6 Å². The topological polar surface area (TPSA) is 27.1 Å². The van der Waals surface area contributed by atoms with Crippen molar-refractivity contribution in [1.82, 2.24) is 9.55 Å². The normalized spacial score (nSPS) is 18.2. The number of aromatic nitrogens is 2. The molecule has 1 aromatic heterocycles. The van der Waals surface area contributed by atoms with Gasteiger partial charge in [-0.2, -0.15) is 0 Å². The fraction of sp³-hybridized carbons (Fsp3) is 0.562. The molecule has 1 heterocycles. The van der Waals surface area contributed by atoms with Crippen LogP contribution in [0.15, 0.2) is 18.2 Å². The number of nitrogens with zero attached hydrogens (tertiary/aromatic N) is 2. The van der Waals surface area contributed by atoms with Crippen LogP contribution in [0.5, 0.6) is 5.75 Å². The second-order valence-electron chi connectivity index (χ2n) is 5.87. The number of fused-ring (bicyclic) bond motifs is 1. The van der Waals surface area contributed by atoms with E-state index in [1.165, 1.54) is 12.8 Å². The Hall–Kier alpha value is -1.22. The van der Waals surface area contributed by atoms with E-state index in [1.807, 2.05) is 19.1 Å². The number of alkyl halides is 1. The lowest BCUT2D eigenvalue weighted by atomic mass is 10.1. The zero-order chi connectivity index (χ0) is 14.3. The quantitative estimate of drug-likeness (QED) is 0.764. The Balaban J connectivity index is 2.03. The largest absolute Gasteiger partial charge is 0.497 e. The molecule has 2 atom stereocenters. The van der Waals surface area contributed by atoms with Crippen LogP contribution < -0.4 is 4.74 Å². The fourth-order valence-electron chi connectivity index (χ4n) is 2.85. The number of halogens is 1. The van der Waals surface area contributed by atoms with E-state index in [0.717, 1.165) is 35.1 Å². The van der Waals surface area contributed by atoms with Crippen molar-refractivity contribution in [2.24, 2.45) is 11.8 Å². The fourth-order valence-corrected chi connectivity index (χ4v) is 3.02. The number of imidazole rings is 1. The highest BCUT2D eigenvalue weighted by Gasteiger charge is 2.29. The van der Waals surface area contributed by atoms with Gasteiger partial charge in [-0.05, 0) is 43.7 Å². The molecular weight excluding hydrogens is 272 g/mol. The maximum Gasteiger partial charge on any atom is 0.127 e. The summed E-state index contributed by atoms with van der Waals surface area (Å²) >= 11 is 6.32. The highest BCUT2D eigenvalue weighted by Crippen LogP contribution is 2.38. The third-order valence-corrected chi connectivity index (χ3v) is 4.43. The summed E-state index contributed by atoms with van der Waals surface area (Å²) < 4.78 is 7.57. The van der Waals surface area contributed by atoms with Crippen molar-refractivity contribution in [3.8, 4) is 5.75 Å². The Morgan fingerprint density at radius 1 is 1.40 bits per heavy atom. The molecule has 0 N–H and O–H groups in total. The van der Waals surface area contributed by atoms with Gasteiger partial charge in [0.2, 0.25) is 0 Å². The zero-order valence-corrected chi connectivity index (χ0v) is 13.0. The van der Waals surface area contributed by atoms with Gasteiger partial charge in [-0.1, -0.05) is 6.92 Å². The van der Waals surface area contributed by atoms with Gasteiger partial charge in [0.05, 0.1) is 23.5 Å². The average Bonchev–Trinajstić information content (AvgIpc) is 3.22. The highest BCUT2D eigenvalue weighted by atomic mass is 35.5. The molecule has 1 fully saturated rings. The molecule has 4 heteroatoms. The van der Waals surface area contributed by atoms with Gasteiger partial charge >= 0.3 is 0 Å². The van der Waals surface area contributed by atoms with Crippen LogP contribution in [0.25, 0.3) is 11.0 Å². The van der Waals surface area contributed by atoms with Crippen LogP contribution in [0.4, 0.5) is 0 Å². The minimum atomic E-state index is -0.0835. The summed E-state index contributed by atoms with van der Waals surface area (Å²) in [5.74, 6) is 3.36. The number of hydrogen-bond donors (Lipinski definition) is 0. The Bertz CT molecular complexity index is 616. The van der Waals surface area contributed by atoms with Crippen LogP contribution in [0.2, 0.25) is 0 Å². The van der Waals surface area contributed by atoms with E-state index >= 15 is 0 Å². The number of methoxy groups -OCH3 is 1. The summed E-state index contributed by atoms with van der Waals surface area (Å²) in [6.07, 6.45) is 2.74. The predicted molar refractivity (Wildman–Crippen MR) is 82.4 cm³/mol. The van der Waals surface area contributed by atoms with E-state index < -0.39 is 0 Å². The first kappa shape index (κ1) is 13.7. The van der Waals surface area contributed by atoms with Crippen molar-refractivity contribution in [2.45, 2.75) is 38.6 Å². The molecule has 0 amide bonds. The van der Waals surface area contributed by atoms with Gasteiger partial charge in [0.15, 0.2) is 0 Å². The van der Waals surface area contributed by atoms with E-state index in [4.69, 9.17) is 21.3 Å². The SMILES string of the molecule is COc1ccc2c(c1)nc(C(C)Cl)n2CC(C)C1CC1. The van der Waals surface area contributed by atoms with Crippen molar-refractivity contribution < 1.29 is 4.74 Å². The molecule has 1 aliphatic carbocycles. The Labute approximate surface area is 124 Å². The lowest BCUT2D eigenvalue weighted by molar-refractivity contribution is 0.415. The first-order chi connectivity index (χ1) is 9.60. The molecule has 20 heavy (non-hydrogen) atoms. The van der Waals surface area contributed by atoms with E-state index in [1.54, 1.807) is 7.11 Å². The molecule has 3 rings (SSSR count). The monoisotopic (exact) mass is 292 g/mol. The molecule has 0 saturated heterocycles. The minimum absolute atomic E-state index is 0.0835. The molecule has 2 aromatic rings. The second-order valence-corrected chi connectivity index (χ2v) is 6.52. The summed E-state index contributed by atoms with van der Waals surface area (Å²) in [7, 11) is 1.68. The van der Waals surface area contributed by atoms with E-state index in [0.29, 0.717) is 5.92 Å². The molecule has 2 unspecified atom stereocenters. The van der Waals surface area contributed by atoms with Crippen LogP contribution in [-0.2, 0) is 6.54 Å². The Morgan fingerprint density at radius 3 is 2.75 bits per heavy atom. The summed E-state index contributed by atoms with van der Waals surface area (Å²) in [5.41, 5.74) is 2.12. The average molecular weight is 293 g/mol. The lowest BCUT2D eigenvalue weighted by Gasteiger charge is -2.15. The van der Waals surface area contributed by atoms with Crippen molar-refractivity contribution in [2.75, 3.05) is 7.11 Å². The van der Waals surface area contributed by atoms with E-state index in [2.05, 4.69) is 17.6 Å². The van der Waals surface area contributed by atoms with Crippen molar-refractivity contribution in [3.63, 3.8) is 0 Å². The zero-order valence-electron chi connectivity index (χ0n) is 12.3. The van der Waals surface area contributed by atoms with E-state index in [-0.39, 0.29) is 5.38 Å². The molecule has 0 spiro atoms.